The molecule has 21 heavy (non-hydrogen) atoms. The molecule has 0 radical (unpaired) electrons. The van der Waals surface area contributed by atoms with Crippen molar-refractivity contribution in [2.24, 2.45) is 0 Å². The van der Waals surface area contributed by atoms with E-state index >= 15 is 0 Å². The number of aryl methyl sites for hydroxylation is 1. The summed E-state index contributed by atoms with van der Waals surface area (Å²) in [5.74, 6) is 0. The third-order valence-corrected chi connectivity index (χ3v) is 5.08. The SMILES string of the molecule is CCc1ccc(C(C)NCc2cccc([N+](=O)[O-])c2C)s1. The molecule has 0 fully saturated rings. The summed E-state index contributed by atoms with van der Waals surface area (Å²) in [5, 5.41) is 14.4. The van der Waals surface area contributed by atoms with Crippen LogP contribution in [0.4, 0.5) is 5.69 Å². The van der Waals surface area contributed by atoms with Crippen LogP contribution in [0.25, 0.3) is 0 Å². The van der Waals surface area contributed by atoms with Gasteiger partial charge in [-0.25, -0.2) is 0 Å². The van der Waals surface area contributed by atoms with Crippen molar-refractivity contribution in [1.29, 1.82) is 0 Å². The molecule has 1 aromatic carbocycles. The number of hydrogen-bond donors (Lipinski definition) is 1. The van der Waals surface area contributed by atoms with Crippen LogP contribution in [0.2, 0.25) is 0 Å². The summed E-state index contributed by atoms with van der Waals surface area (Å²) < 4.78 is 0. The van der Waals surface area contributed by atoms with E-state index in [1.165, 1.54) is 9.75 Å². The topological polar surface area (TPSA) is 55.2 Å². The molecule has 0 aliphatic carbocycles. The first-order valence-corrected chi connectivity index (χ1v) is 7.89. The first-order valence-electron chi connectivity index (χ1n) is 7.07. The minimum Gasteiger partial charge on any atom is -0.305 e. The Bertz CT molecular complexity index is 637. The molecule has 5 heteroatoms. The summed E-state index contributed by atoms with van der Waals surface area (Å²) in [6, 6.07) is 9.79. The lowest BCUT2D eigenvalue weighted by Gasteiger charge is -2.13. The molecule has 1 unspecified atom stereocenters. The van der Waals surface area contributed by atoms with Gasteiger partial charge in [0.2, 0.25) is 0 Å². The summed E-state index contributed by atoms with van der Waals surface area (Å²) in [5.41, 5.74) is 1.90. The molecule has 1 heterocycles. The first kappa shape index (κ1) is 15.7. The fourth-order valence-corrected chi connectivity index (χ4v) is 3.22. The maximum Gasteiger partial charge on any atom is 0.272 e. The van der Waals surface area contributed by atoms with Crippen molar-refractivity contribution in [3.63, 3.8) is 0 Å². The molecule has 4 nitrogen and oxygen atoms in total. The van der Waals surface area contributed by atoms with Crippen LogP contribution in [0.1, 0.15) is 40.8 Å². The van der Waals surface area contributed by atoms with E-state index in [9.17, 15) is 10.1 Å². The molecule has 1 aromatic heterocycles. The van der Waals surface area contributed by atoms with Crippen LogP contribution in [0.15, 0.2) is 30.3 Å². The Kier molecular flexibility index (Phi) is 5.09. The zero-order chi connectivity index (χ0) is 15.4. The Labute approximate surface area is 129 Å². The summed E-state index contributed by atoms with van der Waals surface area (Å²) in [4.78, 5) is 13.3. The normalized spacial score (nSPS) is 12.3. The van der Waals surface area contributed by atoms with Crippen LogP contribution in [-0.2, 0) is 13.0 Å². The third-order valence-electron chi connectivity index (χ3n) is 3.67. The summed E-state index contributed by atoms with van der Waals surface area (Å²) in [6.45, 7) is 6.71. The molecule has 0 spiro atoms. The highest BCUT2D eigenvalue weighted by Crippen LogP contribution is 2.25. The van der Waals surface area contributed by atoms with E-state index in [1.54, 1.807) is 19.1 Å². The molecule has 1 atom stereocenters. The van der Waals surface area contributed by atoms with E-state index in [-0.39, 0.29) is 16.7 Å². The summed E-state index contributed by atoms with van der Waals surface area (Å²) in [7, 11) is 0. The van der Waals surface area contributed by atoms with E-state index in [4.69, 9.17) is 0 Å². The fourth-order valence-electron chi connectivity index (χ4n) is 2.24. The van der Waals surface area contributed by atoms with Crippen molar-refractivity contribution < 1.29 is 4.92 Å². The highest BCUT2D eigenvalue weighted by molar-refractivity contribution is 7.12. The number of thiophene rings is 1. The minimum absolute atomic E-state index is 0.186. The number of nitrogens with zero attached hydrogens (tertiary/aromatic N) is 1. The average molecular weight is 304 g/mol. The third kappa shape index (κ3) is 3.68. The molecule has 2 rings (SSSR count). The Morgan fingerprint density at radius 2 is 2.10 bits per heavy atom. The molecule has 0 saturated carbocycles. The number of nitro benzene ring substituents is 1. The van der Waals surface area contributed by atoms with Gasteiger partial charge in [-0.15, -0.1) is 11.3 Å². The van der Waals surface area contributed by atoms with Crippen molar-refractivity contribution in [1.82, 2.24) is 5.32 Å². The number of benzene rings is 1. The van der Waals surface area contributed by atoms with E-state index in [0.29, 0.717) is 6.54 Å². The molecule has 0 aliphatic rings. The molecule has 112 valence electrons. The van der Waals surface area contributed by atoms with Crippen molar-refractivity contribution in [3.8, 4) is 0 Å². The lowest BCUT2D eigenvalue weighted by atomic mass is 10.1. The second-order valence-electron chi connectivity index (χ2n) is 5.08. The number of rotatable bonds is 6. The summed E-state index contributed by atoms with van der Waals surface area (Å²) >= 11 is 1.82. The van der Waals surface area contributed by atoms with Gasteiger partial charge < -0.3 is 5.32 Å². The molecule has 0 aliphatic heterocycles. The average Bonchev–Trinajstić information content (AvgIpc) is 2.94. The van der Waals surface area contributed by atoms with Gasteiger partial charge in [0.25, 0.3) is 5.69 Å². The molecule has 1 N–H and O–H groups in total. The fraction of sp³-hybridized carbons (Fsp3) is 0.375. The predicted molar refractivity (Wildman–Crippen MR) is 86.8 cm³/mol. The van der Waals surface area contributed by atoms with Gasteiger partial charge in [-0.2, -0.15) is 0 Å². The van der Waals surface area contributed by atoms with E-state index < -0.39 is 0 Å². The predicted octanol–water partition coefficient (Wildman–Crippen LogP) is 4.38. The highest BCUT2D eigenvalue weighted by atomic mass is 32.1. The van der Waals surface area contributed by atoms with Crippen molar-refractivity contribution in [3.05, 3.63) is 61.3 Å². The van der Waals surface area contributed by atoms with Crippen LogP contribution >= 0.6 is 11.3 Å². The molecular formula is C16H20N2O2S. The van der Waals surface area contributed by atoms with Gasteiger partial charge in [-0.1, -0.05) is 19.1 Å². The Morgan fingerprint density at radius 1 is 1.33 bits per heavy atom. The van der Waals surface area contributed by atoms with Gasteiger partial charge >= 0.3 is 0 Å². The number of nitro groups is 1. The first-order chi connectivity index (χ1) is 10.0. The van der Waals surface area contributed by atoms with Crippen LogP contribution in [0, 0.1) is 17.0 Å². The Morgan fingerprint density at radius 3 is 2.71 bits per heavy atom. The zero-order valence-corrected chi connectivity index (χ0v) is 13.4. The van der Waals surface area contributed by atoms with Crippen molar-refractivity contribution in [2.45, 2.75) is 39.8 Å². The van der Waals surface area contributed by atoms with Gasteiger partial charge in [0.15, 0.2) is 0 Å². The van der Waals surface area contributed by atoms with Gasteiger partial charge in [0.05, 0.1) is 4.92 Å². The minimum atomic E-state index is -0.324. The zero-order valence-electron chi connectivity index (χ0n) is 12.6. The van der Waals surface area contributed by atoms with Crippen LogP contribution < -0.4 is 5.32 Å². The molecule has 0 saturated heterocycles. The number of hydrogen-bond acceptors (Lipinski definition) is 4. The highest BCUT2D eigenvalue weighted by Gasteiger charge is 2.14. The van der Waals surface area contributed by atoms with Gasteiger partial charge in [-0.3, -0.25) is 10.1 Å². The molecular weight excluding hydrogens is 284 g/mol. The largest absolute Gasteiger partial charge is 0.305 e. The van der Waals surface area contributed by atoms with Crippen molar-refractivity contribution in [2.75, 3.05) is 0 Å². The van der Waals surface area contributed by atoms with Gasteiger partial charge in [-0.05, 0) is 38.0 Å². The lowest BCUT2D eigenvalue weighted by Crippen LogP contribution is -2.18. The second kappa shape index (κ2) is 6.83. The lowest BCUT2D eigenvalue weighted by molar-refractivity contribution is -0.385. The van der Waals surface area contributed by atoms with Crippen LogP contribution in [0.3, 0.4) is 0 Å². The second-order valence-corrected chi connectivity index (χ2v) is 6.28. The monoisotopic (exact) mass is 304 g/mol. The smallest absolute Gasteiger partial charge is 0.272 e. The Balaban J connectivity index is 2.06. The maximum absolute atomic E-state index is 11.0. The molecule has 0 bridgehead atoms. The van der Waals surface area contributed by atoms with E-state index in [2.05, 4.69) is 31.3 Å². The van der Waals surface area contributed by atoms with Crippen molar-refractivity contribution >= 4 is 17.0 Å². The molecule has 0 amide bonds. The van der Waals surface area contributed by atoms with E-state index in [0.717, 1.165) is 17.5 Å². The standard InChI is InChI=1S/C16H20N2O2S/c1-4-14-8-9-16(21-14)12(3)17-10-13-6-5-7-15(11(13)2)18(19)20/h5-9,12,17H,4,10H2,1-3H3. The number of nitrogens with one attached hydrogen (secondary N) is 1. The van der Waals surface area contributed by atoms with Crippen LogP contribution in [0.5, 0.6) is 0 Å². The summed E-state index contributed by atoms with van der Waals surface area (Å²) in [6.07, 6.45) is 1.06. The maximum atomic E-state index is 11.0. The van der Waals surface area contributed by atoms with Crippen LogP contribution in [-0.4, -0.2) is 4.92 Å². The van der Waals surface area contributed by atoms with E-state index in [1.807, 2.05) is 17.4 Å². The molecule has 2 aromatic rings. The van der Waals surface area contributed by atoms with Gasteiger partial charge in [0.1, 0.15) is 0 Å². The van der Waals surface area contributed by atoms with Gasteiger partial charge in [0, 0.05) is 34.0 Å². The quantitative estimate of drug-likeness (QED) is 0.636. The Hall–Kier alpha value is -1.72.